The van der Waals surface area contributed by atoms with E-state index in [2.05, 4.69) is 4.74 Å². The van der Waals surface area contributed by atoms with Crippen LogP contribution in [-0.4, -0.2) is 47.1 Å². The molecule has 0 aromatic heterocycles. The molecule has 6 nitrogen and oxygen atoms in total. The molecule has 2 heterocycles. The monoisotopic (exact) mass is 292 g/mol. The number of thioether (sulfide) groups is 1. The molecule has 0 radical (unpaired) electrons. The van der Waals surface area contributed by atoms with Gasteiger partial charge >= 0.3 is 12.0 Å². The van der Waals surface area contributed by atoms with Gasteiger partial charge in [-0.05, 0) is 12.1 Å². The number of nitrogens with zero attached hydrogens (tertiary/aromatic N) is 2. The molecule has 2 saturated heterocycles. The van der Waals surface area contributed by atoms with Gasteiger partial charge in [0, 0.05) is 5.75 Å². The van der Waals surface area contributed by atoms with Crippen LogP contribution in [0.2, 0.25) is 0 Å². The van der Waals surface area contributed by atoms with Crippen molar-refractivity contribution < 1.29 is 19.1 Å². The summed E-state index contributed by atoms with van der Waals surface area (Å²) in [4.78, 5) is 38.9. The first-order chi connectivity index (χ1) is 9.65. The molecule has 2 aliphatic heterocycles. The van der Waals surface area contributed by atoms with Crippen LogP contribution in [-0.2, 0) is 14.3 Å². The average molecular weight is 292 g/mol. The molecule has 7 heteroatoms. The molecule has 3 rings (SSSR count). The van der Waals surface area contributed by atoms with Gasteiger partial charge in [0.15, 0.2) is 5.37 Å². The Kier molecular flexibility index (Phi) is 3.13. The number of amides is 3. The number of esters is 1. The molecule has 3 amide bonds. The molecule has 0 N–H and O–H groups in total. The van der Waals surface area contributed by atoms with Crippen LogP contribution in [0.4, 0.5) is 10.5 Å². The molecular formula is C13H12N2O4S. The number of methoxy groups -OCH3 is 1. The van der Waals surface area contributed by atoms with Gasteiger partial charge in [0.05, 0.1) is 12.8 Å². The summed E-state index contributed by atoms with van der Waals surface area (Å²) in [5, 5.41) is -0.741. The zero-order chi connectivity index (χ0) is 14.3. The van der Waals surface area contributed by atoms with Gasteiger partial charge in [-0.15, -0.1) is 11.8 Å². The molecule has 1 aromatic carbocycles. The van der Waals surface area contributed by atoms with Gasteiger partial charge in [-0.25, -0.2) is 14.5 Å². The van der Waals surface area contributed by atoms with Crippen LogP contribution < -0.4 is 4.90 Å². The molecule has 1 aromatic rings. The Morgan fingerprint density at radius 3 is 2.65 bits per heavy atom. The van der Waals surface area contributed by atoms with Crippen molar-refractivity contribution in [1.29, 1.82) is 0 Å². The number of para-hydroxylation sites is 1. The Morgan fingerprint density at radius 2 is 2.00 bits per heavy atom. The second kappa shape index (κ2) is 4.82. The number of fused-ring (bicyclic) bond motifs is 1. The fraction of sp³-hybridized carbons (Fsp3) is 0.308. The molecule has 0 bridgehead atoms. The standard InChI is InChI=1S/C13H12N2O4S/c1-19-12(17)11-15-9(7-20-11)10(16)14(13(15)18)8-5-3-2-4-6-8/h2-6,9,11H,7H2,1H3/t9-,11+/m1/s1. The first kappa shape index (κ1) is 13.0. The summed E-state index contributed by atoms with van der Waals surface area (Å²) in [7, 11) is 1.27. The maximum absolute atomic E-state index is 12.4. The van der Waals surface area contributed by atoms with Crippen molar-refractivity contribution in [2.45, 2.75) is 11.4 Å². The van der Waals surface area contributed by atoms with Crippen LogP contribution >= 0.6 is 11.8 Å². The maximum Gasteiger partial charge on any atom is 0.339 e. The van der Waals surface area contributed by atoms with Gasteiger partial charge in [0.25, 0.3) is 5.91 Å². The first-order valence-corrected chi connectivity index (χ1v) is 7.10. The average Bonchev–Trinajstić information content (AvgIpc) is 3.01. The minimum atomic E-state index is -0.741. The molecular weight excluding hydrogens is 280 g/mol. The lowest BCUT2D eigenvalue weighted by atomic mass is 10.2. The predicted octanol–water partition coefficient (Wildman–Crippen LogP) is 1.07. The van der Waals surface area contributed by atoms with Crippen molar-refractivity contribution in [3.63, 3.8) is 0 Å². The summed E-state index contributed by atoms with van der Waals surface area (Å²) in [5.74, 6) is -0.387. The molecule has 2 fully saturated rings. The van der Waals surface area contributed by atoms with Gasteiger partial charge in [-0.2, -0.15) is 0 Å². The van der Waals surface area contributed by atoms with Crippen LogP contribution in [0.3, 0.4) is 0 Å². The van der Waals surface area contributed by atoms with E-state index in [0.717, 1.165) is 4.90 Å². The van der Waals surface area contributed by atoms with E-state index in [0.29, 0.717) is 11.4 Å². The Bertz CT molecular complexity index is 577. The molecule has 2 atom stereocenters. The van der Waals surface area contributed by atoms with Gasteiger partial charge in [0.1, 0.15) is 6.04 Å². The highest BCUT2D eigenvalue weighted by molar-refractivity contribution is 8.00. The third kappa shape index (κ3) is 1.77. The predicted molar refractivity (Wildman–Crippen MR) is 73.2 cm³/mol. The SMILES string of the molecule is COC(=O)[C@@H]1SC[C@@H]2C(=O)N(c3ccccc3)C(=O)N21. The number of carbonyl (C=O) groups is 3. The first-order valence-electron chi connectivity index (χ1n) is 6.06. The van der Waals surface area contributed by atoms with Crippen LogP contribution in [0.5, 0.6) is 0 Å². The number of ether oxygens (including phenoxy) is 1. The molecule has 0 unspecified atom stereocenters. The number of benzene rings is 1. The van der Waals surface area contributed by atoms with Gasteiger partial charge < -0.3 is 4.74 Å². The van der Waals surface area contributed by atoms with E-state index < -0.39 is 23.4 Å². The number of imide groups is 1. The largest absolute Gasteiger partial charge is 0.467 e. The molecule has 0 saturated carbocycles. The molecule has 20 heavy (non-hydrogen) atoms. The Morgan fingerprint density at radius 1 is 1.30 bits per heavy atom. The number of hydrogen-bond acceptors (Lipinski definition) is 5. The van der Waals surface area contributed by atoms with E-state index in [1.54, 1.807) is 24.3 Å². The topological polar surface area (TPSA) is 66.9 Å². The highest BCUT2D eigenvalue weighted by atomic mass is 32.2. The summed E-state index contributed by atoms with van der Waals surface area (Å²) >= 11 is 1.25. The number of hydrogen-bond donors (Lipinski definition) is 0. The Labute approximate surface area is 119 Å². The molecule has 2 aliphatic rings. The highest BCUT2D eigenvalue weighted by Crippen LogP contribution is 2.37. The molecule has 0 aliphatic carbocycles. The summed E-state index contributed by atoms with van der Waals surface area (Å²) in [5.41, 5.74) is 0.519. The van der Waals surface area contributed by atoms with Crippen molar-refractivity contribution in [2.24, 2.45) is 0 Å². The zero-order valence-corrected chi connectivity index (χ0v) is 11.5. The van der Waals surface area contributed by atoms with Crippen LogP contribution in [0.1, 0.15) is 0 Å². The van der Waals surface area contributed by atoms with Gasteiger partial charge in [0.2, 0.25) is 0 Å². The molecule has 104 valence electrons. The van der Waals surface area contributed by atoms with Gasteiger partial charge in [-0.3, -0.25) is 9.69 Å². The number of anilines is 1. The minimum absolute atomic E-state index is 0.292. The van der Waals surface area contributed by atoms with E-state index in [-0.39, 0.29) is 5.91 Å². The van der Waals surface area contributed by atoms with E-state index in [4.69, 9.17) is 0 Å². The lowest BCUT2D eigenvalue weighted by molar-refractivity contribution is -0.142. The Hall–Kier alpha value is -2.02. The number of urea groups is 1. The smallest absolute Gasteiger partial charge is 0.339 e. The Balaban J connectivity index is 1.94. The van der Waals surface area contributed by atoms with Gasteiger partial charge in [-0.1, -0.05) is 18.2 Å². The van der Waals surface area contributed by atoms with Crippen molar-refractivity contribution in [3.8, 4) is 0 Å². The lowest BCUT2D eigenvalue weighted by Gasteiger charge is -2.20. The summed E-state index contributed by atoms with van der Waals surface area (Å²) in [6.45, 7) is 0. The summed E-state index contributed by atoms with van der Waals surface area (Å²) in [6, 6.07) is 7.65. The van der Waals surface area contributed by atoms with Crippen LogP contribution in [0.15, 0.2) is 30.3 Å². The number of carbonyl (C=O) groups excluding carboxylic acids is 3. The third-order valence-electron chi connectivity index (χ3n) is 3.34. The fourth-order valence-corrected chi connectivity index (χ4v) is 3.68. The second-order valence-electron chi connectivity index (χ2n) is 4.42. The summed E-state index contributed by atoms with van der Waals surface area (Å²) in [6.07, 6.45) is 0. The van der Waals surface area contributed by atoms with E-state index in [9.17, 15) is 14.4 Å². The van der Waals surface area contributed by atoms with E-state index in [1.165, 1.54) is 23.8 Å². The maximum atomic E-state index is 12.4. The summed E-state index contributed by atoms with van der Waals surface area (Å²) < 4.78 is 4.68. The van der Waals surface area contributed by atoms with Crippen molar-refractivity contribution in [1.82, 2.24) is 4.90 Å². The van der Waals surface area contributed by atoms with Crippen LogP contribution in [0.25, 0.3) is 0 Å². The van der Waals surface area contributed by atoms with Crippen molar-refractivity contribution in [2.75, 3.05) is 17.8 Å². The van der Waals surface area contributed by atoms with E-state index >= 15 is 0 Å². The minimum Gasteiger partial charge on any atom is -0.467 e. The highest BCUT2D eigenvalue weighted by Gasteiger charge is 2.55. The normalized spacial score (nSPS) is 25.1. The second-order valence-corrected chi connectivity index (χ2v) is 5.54. The zero-order valence-electron chi connectivity index (χ0n) is 10.7. The van der Waals surface area contributed by atoms with E-state index in [1.807, 2.05) is 6.07 Å². The fourth-order valence-electron chi connectivity index (χ4n) is 2.39. The number of rotatable bonds is 2. The van der Waals surface area contributed by atoms with Crippen LogP contribution in [0, 0.1) is 0 Å². The lowest BCUT2D eigenvalue weighted by Crippen LogP contribution is -2.41. The quantitative estimate of drug-likeness (QED) is 0.602. The van der Waals surface area contributed by atoms with Crippen molar-refractivity contribution >= 4 is 35.4 Å². The third-order valence-corrected chi connectivity index (χ3v) is 4.58. The van der Waals surface area contributed by atoms with Crippen molar-refractivity contribution in [3.05, 3.63) is 30.3 Å². The molecule has 0 spiro atoms.